The molecule has 0 aromatic heterocycles. The number of carbonyl (C=O) groups is 1. The summed E-state index contributed by atoms with van der Waals surface area (Å²) in [4.78, 5) is 13.7. The number of nitrogens with two attached hydrogens (primary N) is 1. The third-order valence-corrected chi connectivity index (χ3v) is 4.04. The first-order chi connectivity index (χ1) is 10.2. The highest BCUT2D eigenvalue weighted by Crippen LogP contribution is 2.28. The van der Waals surface area contributed by atoms with Crippen LogP contribution in [0.15, 0.2) is 24.3 Å². The first-order valence-corrected chi connectivity index (χ1v) is 7.40. The van der Waals surface area contributed by atoms with Gasteiger partial charge in [-0.05, 0) is 30.5 Å². The fourth-order valence-electron chi connectivity index (χ4n) is 2.79. The van der Waals surface area contributed by atoms with Gasteiger partial charge in [0.05, 0.1) is 12.8 Å². The van der Waals surface area contributed by atoms with Gasteiger partial charge >= 0.3 is 0 Å². The van der Waals surface area contributed by atoms with Gasteiger partial charge in [-0.25, -0.2) is 0 Å². The maximum atomic E-state index is 13.0. The van der Waals surface area contributed by atoms with Gasteiger partial charge in [0.25, 0.3) is 0 Å². The zero-order valence-electron chi connectivity index (χ0n) is 12.4. The Kier molecular flexibility index (Phi) is 5.70. The number of methoxy groups -OCH3 is 1. The van der Waals surface area contributed by atoms with Crippen LogP contribution >= 0.6 is 0 Å². The number of anilines is 1. The molecule has 1 fully saturated rings. The molecule has 4 nitrogen and oxygen atoms in total. The number of benzene rings is 1. The minimum Gasteiger partial charge on any atom is -0.376 e. The lowest BCUT2D eigenvalue weighted by atomic mass is 9.96. The number of halogens is 1. The van der Waals surface area contributed by atoms with Gasteiger partial charge in [0, 0.05) is 38.2 Å². The summed E-state index contributed by atoms with van der Waals surface area (Å²) in [5.74, 6) is -0.182. The fraction of sp³-hybridized carbons (Fsp3) is 0.562. The van der Waals surface area contributed by atoms with Crippen LogP contribution < -0.4 is 10.6 Å². The van der Waals surface area contributed by atoms with Gasteiger partial charge in [-0.15, -0.1) is 0 Å². The van der Waals surface area contributed by atoms with Crippen molar-refractivity contribution in [3.8, 4) is 0 Å². The second-order valence-corrected chi connectivity index (χ2v) is 5.40. The molecule has 1 aliphatic heterocycles. The van der Waals surface area contributed by atoms with Crippen LogP contribution in [0.25, 0.3) is 0 Å². The topological polar surface area (TPSA) is 55.6 Å². The molecule has 1 aliphatic rings. The van der Waals surface area contributed by atoms with Crippen LogP contribution in [-0.2, 0) is 9.53 Å². The zero-order chi connectivity index (χ0) is 15.2. The number of piperidine rings is 1. The number of rotatable bonds is 6. The summed E-state index contributed by atoms with van der Waals surface area (Å²) in [5.41, 5.74) is 7.37. The van der Waals surface area contributed by atoms with Crippen molar-refractivity contribution in [1.29, 1.82) is 0 Å². The number of ether oxygens (including phenoxy) is 1. The lowest BCUT2D eigenvalue weighted by molar-refractivity contribution is -0.119. The van der Waals surface area contributed by atoms with Crippen LogP contribution in [0.4, 0.5) is 10.1 Å². The highest BCUT2D eigenvalue weighted by atomic mass is 19.1. The summed E-state index contributed by atoms with van der Waals surface area (Å²) in [6.45, 7) is 0.491. The normalized spacial score (nSPS) is 18.6. The standard InChI is InChI=1S/C16H23FN2O2/c1-21-16(13(10-17)11-18)12-5-7-14(8-6-12)19-9-3-2-4-15(19)20/h5-8,13,16H,2-4,9-11,18H2,1H3. The smallest absolute Gasteiger partial charge is 0.226 e. The van der Waals surface area contributed by atoms with E-state index in [0.29, 0.717) is 6.42 Å². The Morgan fingerprint density at radius 1 is 1.33 bits per heavy atom. The van der Waals surface area contributed by atoms with Crippen LogP contribution in [0.1, 0.15) is 30.9 Å². The van der Waals surface area contributed by atoms with Crippen molar-refractivity contribution >= 4 is 11.6 Å². The Labute approximate surface area is 125 Å². The first kappa shape index (κ1) is 15.9. The molecule has 0 radical (unpaired) electrons. The van der Waals surface area contributed by atoms with Crippen LogP contribution in [0.2, 0.25) is 0 Å². The molecule has 1 amide bonds. The van der Waals surface area contributed by atoms with Crippen molar-refractivity contribution in [2.45, 2.75) is 25.4 Å². The van der Waals surface area contributed by atoms with Crippen molar-refractivity contribution in [2.24, 2.45) is 11.7 Å². The van der Waals surface area contributed by atoms with Gasteiger partial charge in [0.1, 0.15) is 0 Å². The summed E-state index contributed by atoms with van der Waals surface area (Å²) in [6, 6.07) is 7.58. The number of alkyl halides is 1. The minimum atomic E-state index is -0.513. The quantitative estimate of drug-likeness (QED) is 0.876. The Morgan fingerprint density at radius 2 is 2.05 bits per heavy atom. The maximum Gasteiger partial charge on any atom is 0.226 e. The Balaban J connectivity index is 2.15. The van der Waals surface area contributed by atoms with E-state index in [-0.39, 0.29) is 24.5 Å². The van der Waals surface area contributed by atoms with E-state index in [0.717, 1.165) is 30.6 Å². The van der Waals surface area contributed by atoms with Crippen LogP contribution in [-0.4, -0.2) is 32.8 Å². The molecule has 5 heteroatoms. The number of hydrogen-bond donors (Lipinski definition) is 1. The lowest BCUT2D eigenvalue weighted by Gasteiger charge is -2.28. The van der Waals surface area contributed by atoms with Crippen molar-refractivity contribution in [3.05, 3.63) is 29.8 Å². The lowest BCUT2D eigenvalue weighted by Crippen LogP contribution is -2.35. The van der Waals surface area contributed by atoms with Crippen LogP contribution in [0.5, 0.6) is 0 Å². The predicted octanol–water partition coefficient (Wildman–Crippen LogP) is 2.44. The molecule has 2 rings (SSSR count). The number of carbonyl (C=O) groups excluding carboxylic acids is 1. The van der Waals surface area contributed by atoms with Gasteiger partial charge in [-0.1, -0.05) is 12.1 Å². The molecule has 2 atom stereocenters. The average Bonchev–Trinajstić information content (AvgIpc) is 2.53. The van der Waals surface area contributed by atoms with Crippen molar-refractivity contribution in [1.82, 2.24) is 0 Å². The van der Waals surface area contributed by atoms with E-state index in [2.05, 4.69) is 0 Å². The van der Waals surface area contributed by atoms with Gasteiger partial charge in [-0.2, -0.15) is 0 Å². The van der Waals surface area contributed by atoms with Crippen molar-refractivity contribution in [2.75, 3.05) is 31.8 Å². The van der Waals surface area contributed by atoms with E-state index in [1.165, 1.54) is 0 Å². The minimum absolute atomic E-state index is 0.167. The van der Waals surface area contributed by atoms with Gasteiger partial charge in [0.2, 0.25) is 5.91 Å². The van der Waals surface area contributed by atoms with Crippen molar-refractivity contribution in [3.63, 3.8) is 0 Å². The highest BCUT2D eigenvalue weighted by molar-refractivity contribution is 5.93. The molecule has 0 bridgehead atoms. The Hall–Kier alpha value is -1.46. The molecule has 116 valence electrons. The third kappa shape index (κ3) is 3.60. The molecule has 0 spiro atoms. The first-order valence-electron chi connectivity index (χ1n) is 7.40. The second kappa shape index (κ2) is 7.52. The highest BCUT2D eigenvalue weighted by Gasteiger charge is 2.23. The van der Waals surface area contributed by atoms with E-state index in [1.54, 1.807) is 7.11 Å². The van der Waals surface area contributed by atoms with E-state index in [1.807, 2.05) is 29.2 Å². The summed E-state index contributed by atoms with van der Waals surface area (Å²) >= 11 is 0. The molecule has 2 unspecified atom stereocenters. The van der Waals surface area contributed by atoms with Crippen molar-refractivity contribution < 1.29 is 13.9 Å². The van der Waals surface area contributed by atoms with Gasteiger partial charge < -0.3 is 15.4 Å². The summed E-state index contributed by atoms with van der Waals surface area (Å²) in [7, 11) is 1.56. The Morgan fingerprint density at radius 3 is 2.57 bits per heavy atom. The number of amides is 1. The molecule has 1 saturated heterocycles. The van der Waals surface area contributed by atoms with Gasteiger partial charge in [-0.3, -0.25) is 9.18 Å². The van der Waals surface area contributed by atoms with E-state index < -0.39 is 6.67 Å². The zero-order valence-corrected chi connectivity index (χ0v) is 12.4. The van der Waals surface area contributed by atoms with Crippen LogP contribution in [0, 0.1) is 5.92 Å². The Bertz CT molecular complexity index is 460. The molecule has 0 aliphatic carbocycles. The number of nitrogens with zero attached hydrogens (tertiary/aromatic N) is 1. The molecule has 1 heterocycles. The average molecular weight is 294 g/mol. The van der Waals surface area contributed by atoms with E-state index in [4.69, 9.17) is 10.5 Å². The molecule has 21 heavy (non-hydrogen) atoms. The SMILES string of the molecule is COC(c1ccc(N2CCCCC2=O)cc1)C(CN)CF. The predicted molar refractivity (Wildman–Crippen MR) is 80.9 cm³/mol. The molecule has 1 aromatic carbocycles. The maximum absolute atomic E-state index is 13.0. The van der Waals surface area contributed by atoms with Crippen LogP contribution in [0.3, 0.4) is 0 Å². The largest absolute Gasteiger partial charge is 0.376 e. The molecular weight excluding hydrogens is 271 g/mol. The number of hydrogen-bond acceptors (Lipinski definition) is 3. The van der Waals surface area contributed by atoms with Gasteiger partial charge in [0.15, 0.2) is 0 Å². The second-order valence-electron chi connectivity index (χ2n) is 5.40. The molecule has 0 saturated carbocycles. The summed E-state index contributed by atoms with van der Waals surface area (Å²) in [5, 5.41) is 0. The third-order valence-electron chi connectivity index (χ3n) is 4.04. The van der Waals surface area contributed by atoms with E-state index in [9.17, 15) is 9.18 Å². The monoisotopic (exact) mass is 294 g/mol. The fourth-order valence-corrected chi connectivity index (χ4v) is 2.79. The van der Waals surface area contributed by atoms with E-state index >= 15 is 0 Å². The summed E-state index contributed by atoms with van der Waals surface area (Å²) < 4.78 is 18.4. The molecule has 2 N–H and O–H groups in total. The molecule has 1 aromatic rings. The summed E-state index contributed by atoms with van der Waals surface area (Å²) in [6.07, 6.45) is 2.25. The molecular formula is C16H23FN2O2.